The van der Waals surface area contributed by atoms with Gasteiger partial charge in [0.05, 0.1) is 5.69 Å². The summed E-state index contributed by atoms with van der Waals surface area (Å²) in [6, 6.07) is 25.5. The van der Waals surface area contributed by atoms with Crippen LogP contribution in [0.4, 0.5) is 5.69 Å². The molecule has 3 aromatic carbocycles. The maximum atomic E-state index is 12.6. The number of hydrogen-bond acceptors (Lipinski definition) is 4. The Morgan fingerprint density at radius 1 is 0.939 bits per heavy atom. The third-order valence-electron chi connectivity index (χ3n) is 5.21. The van der Waals surface area contributed by atoms with Crippen LogP contribution in [-0.4, -0.2) is 15.7 Å². The molecule has 0 spiro atoms. The molecule has 0 saturated carbocycles. The molecule has 0 fully saturated rings. The van der Waals surface area contributed by atoms with Crippen molar-refractivity contribution in [2.45, 2.75) is 26.9 Å². The third-order valence-corrected chi connectivity index (χ3v) is 5.21. The molecule has 0 atom stereocenters. The van der Waals surface area contributed by atoms with Gasteiger partial charge in [0, 0.05) is 23.4 Å². The van der Waals surface area contributed by atoms with Crippen molar-refractivity contribution in [1.29, 1.82) is 0 Å². The lowest BCUT2D eigenvalue weighted by Gasteiger charge is -2.10. The van der Waals surface area contributed by atoms with Gasteiger partial charge in [0.15, 0.2) is 0 Å². The van der Waals surface area contributed by atoms with Crippen molar-refractivity contribution in [1.82, 2.24) is 9.78 Å². The number of aromatic nitrogens is 2. The Morgan fingerprint density at radius 3 is 2.45 bits per heavy atom. The monoisotopic (exact) mass is 439 g/mol. The zero-order valence-corrected chi connectivity index (χ0v) is 18.6. The average Bonchev–Trinajstić information content (AvgIpc) is 2.84. The van der Waals surface area contributed by atoms with Gasteiger partial charge in [0.2, 0.25) is 5.88 Å². The number of ether oxygens (including phenoxy) is 1. The van der Waals surface area contributed by atoms with E-state index in [9.17, 15) is 9.59 Å². The molecular formula is C27H25N3O3. The van der Waals surface area contributed by atoms with Gasteiger partial charge >= 0.3 is 0 Å². The fraction of sp³-hybridized carbons (Fsp3) is 0.148. The highest BCUT2D eigenvalue weighted by molar-refractivity contribution is 6.04. The molecule has 6 heteroatoms. The highest BCUT2D eigenvalue weighted by Crippen LogP contribution is 2.15. The van der Waals surface area contributed by atoms with Gasteiger partial charge in [-0.05, 0) is 60.9 Å². The van der Waals surface area contributed by atoms with E-state index in [1.165, 1.54) is 10.7 Å². The topological polar surface area (TPSA) is 73.2 Å². The first kappa shape index (κ1) is 22.0. The summed E-state index contributed by atoms with van der Waals surface area (Å²) in [5.74, 6) is 0.124. The Bertz CT molecular complexity index is 1330. The summed E-state index contributed by atoms with van der Waals surface area (Å²) in [7, 11) is 0. The number of carbonyl (C=O) groups is 1. The first-order valence-electron chi connectivity index (χ1n) is 10.8. The van der Waals surface area contributed by atoms with Crippen molar-refractivity contribution in [2.24, 2.45) is 0 Å². The molecule has 1 aromatic heterocycles. The lowest BCUT2D eigenvalue weighted by atomic mass is 10.1. The quantitative estimate of drug-likeness (QED) is 0.443. The zero-order valence-electron chi connectivity index (χ0n) is 18.6. The Balaban J connectivity index is 1.48. The standard InChI is InChI=1S/C27H25N3O3/c1-3-20-7-5-9-23(17-20)28-27(32)22-10-12-24(13-11-22)30-26(31)15-14-25(29-30)33-18-21-8-4-6-19(2)16-21/h4-17H,3,18H2,1-2H3,(H,28,32). The molecule has 0 aliphatic carbocycles. The van der Waals surface area contributed by atoms with E-state index >= 15 is 0 Å². The summed E-state index contributed by atoms with van der Waals surface area (Å²) in [6.45, 7) is 4.44. The van der Waals surface area contributed by atoms with Gasteiger partial charge in [0.25, 0.3) is 11.5 Å². The van der Waals surface area contributed by atoms with E-state index in [1.807, 2.05) is 55.5 Å². The van der Waals surface area contributed by atoms with Crippen molar-refractivity contribution in [3.8, 4) is 11.6 Å². The first-order chi connectivity index (χ1) is 16.0. The van der Waals surface area contributed by atoms with Crippen molar-refractivity contribution in [2.75, 3.05) is 5.32 Å². The largest absolute Gasteiger partial charge is 0.472 e. The number of hydrogen-bond donors (Lipinski definition) is 1. The number of nitrogens with one attached hydrogen (secondary N) is 1. The number of anilines is 1. The summed E-state index contributed by atoms with van der Waals surface area (Å²) < 4.78 is 7.04. The van der Waals surface area contributed by atoms with E-state index < -0.39 is 0 Å². The maximum absolute atomic E-state index is 12.6. The molecule has 1 heterocycles. The molecule has 1 N–H and O–H groups in total. The summed E-state index contributed by atoms with van der Waals surface area (Å²) >= 11 is 0. The molecule has 6 nitrogen and oxygen atoms in total. The summed E-state index contributed by atoms with van der Waals surface area (Å²) in [4.78, 5) is 25.0. The first-order valence-corrected chi connectivity index (χ1v) is 10.8. The van der Waals surface area contributed by atoms with Crippen molar-refractivity contribution < 1.29 is 9.53 Å². The van der Waals surface area contributed by atoms with Crippen molar-refractivity contribution in [3.05, 3.63) is 118 Å². The zero-order chi connectivity index (χ0) is 23.2. The van der Waals surface area contributed by atoms with Gasteiger partial charge in [-0.25, -0.2) is 0 Å². The molecule has 0 aliphatic rings. The number of rotatable bonds is 7. The summed E-state index contributed by atoms with van der Waals surface area (Å²) in [5, 5.41) is 7.23. The minimum atomic E-state index is -0.286. The van der Waals surface area contributed by atoms with E-state index in [1.54, 1.807) is 30.3 Å². The highest BCUT2D eigenvalue weighted by atomic mass is 16.5. The van der Waals surface area contributed by atoms with E-state index in [4.69, 9.17) is 4.74 Å². The molecule has 166 valence electrons. The Morgan fingerprint density at radius 2 is 1.70 bits per heavy atom. The fourth-order valence-corrected chi connectivity index (χ4v) is 3.44. The number of carbonyl (C=O) groups excluding carboxylic acids is 1. The predicted octanol–water partition coefficient (Wildman–Crippen LogP) is 4.93. The second-order valence-corrected chi connectivity index (χ2v) is 7.75. The molecule has 1 amide bonds. The smallest absolute Gasteiger partial charge is 0.271 e. The van der Waals surface area contributed by atoms with Crippen LogP contribution in [-0.2, 0) is 13.0 Å². The van der Waals surface area contributed by atoms with Crippen LogP contribution >= 0.6 is 0 Å². The van der Waals surface area contributed by atoms with Gasteiger partial charge in [-0.15, -0.1) is 5.10 Å². The van der Waals surface area contributed by atoms with E-state index in [-0.39, 0.29) is 11.5 Å². The summed E-state index contributed by atoms with van der Waals surface area (Å²) in [5.41, 5.74) is 4.82. The minimum absolute atomic E-state index is 0.217. The second kappa shape index (κ2) is 9.96. The SMILES string of the molecule is CCc1cccc(NC(=O)c2ccc(-n3nc(OCc4cccc(C)c4)ccc3=O)cc2)c1. The van der Waals surface area contributed by atoms with Crippen LogP contribution in [0.5, 0.6) is 5.88 Å². The molecule has 4 aromatic rings. The van der Waals surface area contributed by atoms with E-state index in [0.29, 0.717) is 23.7 Å². The van der Waals surface area contributed by atoms with Crippen LogP contribution in [0.3, 0.4) is 0 Å². The van der Waals surface area contributed by atoms with Crippen LogP contribution in [0, 0.1) is 6.92 Å². The summed E-state index contributed by atoms with van der Waals surface area (Å²) in [6.07, 6.45) is 0.897. The van der Waals surface area contributed by atoms with Crippen LogP contribution in [0.1, 0.15) is 34.0 Å². The number of amides is 1. The lowest BCUT2D eigenvalue weighted by molar-refractivity contribution is 0.102. The van der Waals surface area contributed by atoms with Crippen LogP contribution < -0.4 is 15.6 Å². The lowest BCUT2D eigenvalue weighted by Crippen LogP contribution is -2.20. The highest BCUT2D eigenvalue weighted by Gasteiger charge is 2.09. The maximum Gasteiger partial charge on any atom is 0.271 e. The number of benzene rings is 3. The van der Waals surface area contributed by atoms with Gasteiger partial charge in [0.1, 0.15) is 6.61 Å². The minimum Gasteiger partial charge on any atom is -0.472 e. The van der Waals surface area contributed by atoms with Crippen LogP contribution in [0.25, 0.3) is 5.69 Å². The molecular weight excluding hydrogens is 414 g/mol. The normalized spacial score (nSPS) is 10.6. The molecule has 0 aliphatic heterocycles. The molecule has 33 heavy (non-hydrogen) atoms. The third kappa shape index (κ3) is 5.54. The van der Waals surface area contributed by atoms with Crippen molar-refractivity contribution >= 4 is 11.6 Å². The molecule has 0 bridgehead atoms. The molecule has 0 saturated heterocycles. The van der Waals surface area contributed by atoms with Gasteiger partial charge in [-0.3, -0.25) is 9.59 Å². The van der Waals surface area contributed by atoms with E-state index in [0.717, 1.165) is 28.8 Å². The fourth-order valence-electron chi connectivity index (χ4n) is 3.44. The molecule has 0 unspecified atom stereocenters. The van der Waals surface area contributed by atoms with Gasteiger partial charge in [-0.1, -0.05) is 48.9 Å². The molecule has 4 rings (SSSR count). The number of nitrogens with zero attached hydrogens (tertiary/aromatic N) is 2. The molecule has 0 radical (unpaired) electrons. The number of aryl methyl sites for hydroxylation is 2. The van der Waals surface area contributed by atoms with Crippen molar-refractivity contribution in [3.63, 3.8) is 0 Å². The Kier molecular flexibility index (Phi) is 6.64. The average molecular weight is 440 g/mol. The Hall–Kier alpha value is -4.19. The van der Waals surface area contributed by atoms with Gasteiger partial charge in [-0.2, -0.15) is 4.68 Å². The van der Waals surface area contributed by atoms with Crippen LogP contribution in [0.2, 0.25) is 0 Å². The predicted molar refractivity (Wildman–Crippen MR) is 129 cm³/mol. The van der Waals surface area contributed by atoms with Crippen LogP contribution in [0.15, 0.2) is 89.7 Å². The Labute approximate surface area is 192 Å². The van der Waals surface area contributed by atoms with Gasteiger partial charge < -0.3 is 10.1 Å². The second-order valence-electron chi connectivity index (χ2n) is 7.75. The van der Waals surface area contributed by atoms with E-state index in [2.05, 4.69) is 17.3 Å².